The summed E-state index contributed by atoms with van der Waals surface area (Å²) in [7, 11) is 0. The highest BCUT2D eigenvalue weighted by Crippen LogP contribution is 2.35. The Hall–Kier alpha value is -1.66. The highest BCUT2D eigenvalue weighted by molar-refractivity contribution is 7.15. The lowest BCUT2D eigenvalue weighted by molar-refractivity contribution is 1.14. The number of nitriles is 1. The zero-order valence-electron chi connectivity index (χ0n) is 11.2. The Morgan fingerprint density at radius 2 is 1.78 bits per heavy atom. The average molecular weight is 256 g/mol. The van der Waals surface area contributed by atoms with Crippen molar-refractivity contribution in [3.63, 3.8) is 0 Å². The first kappa shape index (κ1) is 12.8. The van der Waals surface area contributed by atoms with Crippen LogP contribution >= 0.6 is 11.3 Å². The van der Waals surface area contributed by atoms with E-state index in [-0.39, 0.29) is 0 Å². The second-order valence-electron chi connectivity index (χ2n) is 4.63. The highest BCUT2D eigenvalue weighted by atomic mass is 32.1. The molecule has 0 bridgehead atoms. The molecule has 0 N–H and O–H groups in total. The molecular formula is C15H16N2S. The molecule has 1 heterocycles. The number of rotatable bonds is 2. The quantitative estimate of drug-likeness (QED) is 0.810. The molecule has 0 aliphatic carbocycles. The maximum absolute atomic E-state index is 8.75. The van der Waals surface area contributed by atoms with Crippen molar-refractivity contribution < 1.29 is 0 Å². The van der Waals surface area contributed by atoms with Gasteiger partial charge in [0, 0.05) is 0 Å². The zero-order chi connectivity index (χ0) is 13.3. The molecule has 1 aromatic carbocycles. The third kappa shape index (κ3) is 2.30. The van der Waals surface area contributed by atoms with Gasteiger partial charge in [0.25, 0.3) is 0 Å². The van der Waals surface area contributed by atoms with E-state index >= 15 is 0 Å². The first-order valence-corrected chi connectivity index (χ1v) is 6.76. The van der Waals surface area contributed by atoms with Gasteiger partial charge in [0.05, 0.1) is 23.1 Å². The Balaban J connectivity index is 2.59. The van der Waals surface area contributed by atoms with Crippen molar-refractivity contribution >= 4 is 11.3 Å². The van der Waals surface area contributed by atoms with Gasteiger partial charge >= 0.3 is 0 Å². The van der Waals surface area contributed by atoms with E-state index in [1.807, 2.05) is 6.92 Å². The number of nitrogens with zero attached hydrogens (tertiary/aromatic N) is 2. The molecule has 0 atom stereocenters. The van der Waals surface area contributed by atoms with Crippen LogP contribution in [0.2, 0.25) is 0 Å². The number of thiazole rings is 1. The van der Waals surface area contributed by atoms with E-state index in [1.54, 1.807) is 11.3 Å². The van der Waals surface area contributed by atoms with Crippen molar-refractivity contribution in [2.24, 2.45) is 0 Å². The number of hydrogen-bond donors (Lipinski definition) is 0. The average Bonchev–Trinajstić information content (AvgIpc) is 2.59. The summed E-state index contributed by atoms with van der Waals surface area (Å²) in [5.74, 6) is 0. The van der Waals surface area contributed by atoms with Gasteiger partial charge in [-0.1, -0.05) is 17.7 Å². The molecule has 2 aromatic rings. The fourth-order valence-electron chi connectivity index (χ4n) is 2.37. The van der Waals surface area contributed by atoms with Crippen LogP contribution < -0.4 is 0 Å². The number of aryl methyl sites for hydroxylation is 4. The lowest BCUT2D eigenvalue weighted by atomic mass is 9.98. The molecule has 0 saturated carbocycles. The zero-order valence-corrected chi connectivity index (χ0v) is 12.0. The van der Waals surface area contributed by atoms with Crippen molar-refractivity contribution in [3.8, 4) is 16.5 Å². The fourth-order valence-corrected chi connectivity index (χ4v) is 3.54. The molecule has 0 aliphatic heterocycles. The van der Waals surface area contributed by atoms with Crippen LogP contribution in [0, 0.1) is 39.0 Å². The van der Waals surface area contributed by atoms with E-state index in [0.29, 0.717) is 6.42 Å². The van der Waals surface area contributed by atoms with Gasteiger partial charge in [-0.05, 0) is 44.4 Å². The SMILES string of the molecule is Cc1cc(C)c(-c2sc(CC#N)nc2C)c(C)c1. The van der Waals surface area contributed by atoms with Crippen LogP contribution in [-0.4, -0.2) is 4.98 Å². The summed E-state index contributed by atoms with van der Waals surface area (Å²) in [6.07, 6.45) is 0.398. The van der Waals surface area contributed by atoms with E-state index in [9.17, 15) is 0 Å². The van der Waals surface area contributed by atoms with Crippen LogP contribution in [0.1, 0.15) is 27.4 Å². The van der Waals surface area contributed by atoms with Gasteiger partial charge in [-0.15, -0.1) is 11.3 Å². The Morgan fingerprint density at radius 3 is 2.33 bits per heavy atom. The van der Waals surface area contributed by atoms with Crippen LogP contribution in [0.3, 0.4) is 0 Å². The molecule has 92 valence electrons. The van der Waals surface area contributed by atoms with Crippen LogP contribution in [0.15, 0.2) is 12.1 Å². The summed E-state index contributed by atoms with van der Waals surface area (Å²) in [6, 6.07) is 6.56. The standard InChI is InChI=1S/C15H16N2S/c1-9-7-10(2)14(11(3)8-9)15-12(4)17-13(18-15)5-6-16/h7-8H,5H2,1-4H3. The minimum absolute atomic E-state index is 0.398. The molecule has 3 heteroatoms. The fraction of sp³-hybridized carbons (Fsp3) is 0.333. The van der Waals surface area contributed by atoms with Gasteiger partial charge in [-0.2, -0.15) is 5.26 Å². The first-order valence-electron chi connectivity index (χ1n) is 5.94. The molecule has 1 aromatic heterocycles. The molecule has 0 amide bonds. The normalized spacial score (nSPS) is 10.4. The van der Waals surface area contributed by atoms with Gasteiger partial charge in [0.2, 0.25) is 0 Å². The van der Waals surface area contributed by atoms with Crippen LogP contribution in [0.4, 0.5) is 0 Å². The molecule has 0 unspecified atom stereocenters. The van der Waals surface area contributed by atoms with Gasteiger partial charge in [0.1, 0.15) is 5.01 Å². The topological polar surface area (TPSA) is 36.7 Å². The predicted molar refractivity (Wildman–Crippen MR) is 75.8 cm³/mol. The smallest absolute Gasteiger partial charge is 0.108 e. The predicted octanol–water partition coefficient (Wildman–Crippen LogP) is 4.11. The van der Waals surface area contributed by atoms with Gasteiger partial charge in [-0.3, -0.25) is 0 Å². The second-order valence-corrected chi connectivity index (χ2v) is 5.71. The number of hydrogen-bond acceptors (Lipinski definition) is 3. The van der Waals surface area contributed by atoms with Gasteiger partial charge < -0.3 is 0 Å². The molecule has 0 fully saturated rings. The van der Waals surface area contributed by atoms with E-state index in [4.69, 9.17) is 5.26 Å². The third-order valence-electron chi connectivity index (χ3n) is 2.98. The summed E-state index contributed by atoms with van der Waals surface area (Å²) >= 11 is 1.64. The third-order valence-corrected chi connectivity index (χ3v) is 4.15. The largest absolute Gasteiger partial charge is 0.245 e. The summed E-state index contributed by atoms with van der Waals surface area (Å²) in [4.78, 5) is 5.68. The Morgan fingerprint density at radius 1 is 1.17 bits per heavy atom. The maximum Gasteiger partial charge on any atom is 0.108 e. The van der Waals surface area contributed by atoms with Crippen LogP contribution in [-0.2, 0) is 6.42 Å². The van der Waals surface area contributed by atoms with Gasteiger partial charge in [-0.25, -0.2) is 4.98 Å². The van der Waals surface area contributed by atoms with Crippen molar-refractivity contribution in [1.29, 1.82) is 5.26 Å². The number of benzene rings is 1. The van der Waals surface area contributed by atoms with E-state index in [2.05, 4.69) is 44.0 Å². The minimum atomic E-state index is 0.398. The Labute approximate surface area is 112 Å². The van der Waals surface area contributed by atoms with E-state index in [1.165, 1.54) is 27.1 Å². The van der Waals surface area contributed by atoms with Crippen LogP contribution in [0.25, 0.3) is 10.4 Å². The molecule has 18 heavy (non-hydrogen) atoms. The molecular weight excluding hydrogens is 240 g/mol. The molecule has 0 spiro atoms. The number of aromatic nitrogens is 1. The monoisotopic (exact) mass is 256 g/mol. The molecule has 2 nitrogen and oxygen atoms in total. The summed E-state index contributed by atoms with van der Waals surface area (Å²) < 4.78 is 0. The highest BCUT2D eigenvalue weighted by Gasteiger charge is 2.14. The lowest BCUT2D eigenvalue weighted by Gasteiger charge is -2.10. The van der Waals surface area contributed by atoms with Crippen molar-refractivity contribution in [2.75, 3.05) is 0 Å². The minimum Gasteiger partial charge on any atom is -0.245 e. The Kier molecular flexibility index (Phi) is 3.49. The molecule has 0 saturated heterocycles. The Bertz CT molecular complexity index is 609. The van der Waals surface area contributed by atoms with Crippen molar-refractivity contribution in [2.45, 2.75) is 34.1 Å². The van der Waals surface area contributed by atoms with E-state index in [0.717, 1.165) is 10.7 Å². The molecule has 0 radical (unpaired) electrons. The lowest BCUT2D eigenvalue weighted by Crippen LogP contribution is -1.89. The second kappa shape index (κ2) is 4.91. The van der Waals surface area contributed by atoms with Crippen LogP contribution in [0.5, 0.6) is 0 Å². The first-order chi connectivity index (χ1) is 8.52. The molecule has 0 aliphatic rings. The maximum atomic E-state index is 8.75. The summed E-state index contributed by atoms with van der Waals surface area (Å²) in [5, 5.41) is 9.66. The van der Waals surface area contributed by atoms with Gasteiger partial charge in [0.15, 0.2) is 0 Å². The van der Waals surface area contributed by atoms with E-state index < -0.39 is 0 Å². The summed E-state index contributed by atoms with van der Waals surface area (Å²) in [6.45, 7) is 8.41. The van der Waals surface area contributed by atoms with Crippen molar-refractivity contribution in [1.82, 2.24) is 4.98 Å². The van der Waals surface area contributed by atoms with Crippen molar-refractivity contribution in [3.05, 3.63) is 39.5 Å². The summed E-state index contributed by atoms with van der Waals surface area (Å²) in [5.41, 5.74) is 6.15. The molecule has 2 rings (SSSR count).